The van der Waals surface area contributed by atoms with Crippen LogP contribution in [0.5, 0.6) is 0 Å². The zero-order valence-electron chi connectivity index (χ0n) is 17.3. The molecule has 0 aliphatic rings. The molecule has 4 N–H and O–H groups in total. The summed E-state index contributed by atoms with van der Waals surface area (Å²) in [5, 5.41) is 5.87. The van der Waals surface area contributed by atoms with Crippen LogP contribution in [0.4, 0.5) is 29.3 Å². The standard InChI is InChI=1S/C24H16ClF3N4O2/c25-20-9-8-15(12-19(20)24(26,27)28)32-23(34)31-14-6-4-13(5-7-14)16-2-1-3-18-17(16)10-11-30-21(18)22(29)33/h1-12H,(H2,29,33)(H2,31,32,34). The minimum atomic E-state index is -4.64. The first-order chi connectivity index (χ1) is 16.1. The Balaban J connectivity index is 1.53. The van der Waals surface area contributed by atoms with Gasteiger partial charge in [-0.2, -0.15) is 13.2 Å². The fourth-order valence-electron chi connectivity index (χ4n) is 3.50. The van der Waals surface area contributed by atoms with Crippen molar-refractivity contribution in [2.45, 2.75) is 6.18 Å². The van der Waals surface area contributed by atoms with Crippen molar-refractivity contribution in [2.75, 3.05) is 10.6 Å². The fraction of sp³-hybridized carbons (Fsp3) is 0.0417. The fourth-order valence-corrected chi connectivity index (χ4v) is 3.73. The van der Waals surface area contributed by atoms with Gasteiger partial charge in [-0.3, -0.25) is 9.78 Å². The summed E-state index contributed by atoms with van der Waals surface area (Å²) in [5.74, 6) is -0.628. The molecule has 0 aliphatic heterocycles. The maximum Gasteiger partial charge on any atom is 0.417 e. The number of carbonyl (C=O) groups is 2. The van der Waals surface area contributed by atoms with Gasteiger partial charge in [0.1, 0.15) is 5.69 Å². The third-order valence-corrected chi connectivity index (χ3v) is 5.35. The van der Waals surface area contributed by atoms with Crippen molar-refractivity contribution < 1.29 is 22.8 Å². The Morgan fingerprint density at radius 2 is 1.56 bits per heavy atom. The summed E-state index contributed by atoms with van der Waals surface area (Å²) in [7, 11) is 0. The molecule has 0 saturated carbocycles. The molecule has 0 aliphatic carbocycles. The third-order valence-electron chi connectivity index (χ3n) is 5.02. The maximum absolute atomic E-state index is 13.0. The van der Waals surface area contributed by atoms with Gasteiger partial charge in [0.25, 0.3) is 5.91 Å². The molecule has 6 nitrogen and oxygen atoms in total. The predicted octanol–water partition coefficient (Wildman–Crippen LogP) is 6.32. The minimum Gasteiger partial charge on any atom is -0.364 e. The molecular weight excluding hydrogens is 469 g/mol. The number of nitrogens with two attached hydrogens (primary N) is 1. The van der Waals surface area contributed by atoms with E-state index in [9.17, 15) is 22.8 Å². The number of pyridine rings is 1. The smallest absolute Gasteiger partial charge is 0.364 e. The molecular formula is C24H16ClF3N4O2. The number of urea groups is 1. The zero-order chi connectivity index (χ0) is 24.5. The quantitative estimate of drug-likeness (QED) is 0.316. The van der Waals surface area contributed by atoms with Crippen molar-refractivity contribution in [1.82, 2.24) is 4.98 Å². The van der Waals surface area contributed by atoms with E-state index < -0.39 is 28.7 Å². The van der Waals surface area contributed by atoms with Crippen molar-refractivity contribution >= 4 is 45.7 Å². The Hall–Kier alpha value is -4.11. The van der Waals surface area contributed by atoms with E-state index in [4.69, 9.17) is 17.3 Å². The second-order valence-corrected chi connectivity index (χ2v) is 7.68. The monoisotopic (exact) mass is 484 g/mol. The highest BCUT2D eigenvalue weighted by atomic mass is 35.5. The number of halogens is 4. The van der Waals surface area contributed by atoms with Gasteiger partial charge in [-0.05, 0) is 52.9 Å². The average molecular weight is 485 g/mol. The molecule has 172 valence electrons. The molecule has 0 bridgehead atoms. The summed E-state index contributed by atoms with van der Waals surface area (Å²) >= 11 is 5.60. The molecule has 0 fully saturated rings. The number of carbonyl (C=O) groups excluding carboxylic acids is 2. The number of amides is 3. The molecule has 3 aromatic carbocycles. The van der Waals surface area contributed by atoms with Crippen LogP contribution in [-0.4, -0.2) is 16.9 Å². The second-order valence-electron chi connectivity index (χ2n) is 7.27. The molecule has 0 saturated heterocycles. The molecule has 3 amide bonds. The molecule has 4 aromatic rings. The molecule has 1 heterocycles. The first-order valence-corrected chi connectivity index (χ1v) is 10.2. The second kappa shape index (κ2) is 9.03. The van der Waals surface area contributed by atoms with Crippen molar-refractivity contribution in [3.63, 3.8) is 0 Å². The maximum atomic E-state index is 13.0. The van der Waals surface area contributed by atoms with E-state index in [0.717, 1.165) is 28.6 Å². The number of primary amides is 1. The highest BCUT2D eigenvalue weighted by Gasteiger charge is 2.33. The van der Waals surface area contributed by atoms with Crippen LogP contribution in [0.25, 0.3) is 21.9 Å². The number of anilines is 2. The lowest BCUT2D eigenvalue weighted by molar-refractivity contribution is -0.137. The van der Waals surface area contributed by atoms with Gasteiger partial charge in [-0.15, -0.1) is 0 Å². The highest BCUT2D eigenvalue weighted by Crippen LogP contribution is 2.36. The number of nitrogens with zero attached hydrogens (tertiary/aromatic N) is 1. The SMILES string of the molecule is NC(=O)c1nccc2c(-c3ccc(NC(=O)Nc4ccc(Cl)c(C(F)(F)F)c4)cc3)cccc12. The lowest BCUT2D eigenvalue weighted by Gasteiger charge is -2.13. The number of rotatable bonds is 4. The van der Waals surface area contributed by atoms with Crippen LogP contribution in [-0.2, 0) is 6.18 Å². The van der Waals surface area contributed by atoms with Crippen LogP contribution in [0.15, 0.2) is 72.9 Å². The minimum absolute atomic E-state index is 0.0551. The molecule has 10 heteroatoms. The number of hydrogen-bond acceptors (Lipinski definition) is 3. The molecule has 34 heavy (non-hydrogen) atoms. The Morgan fingerprint density at radius 1 is 0.882 bits per heavy atom. The van der Waals surface area contributed by atoms with Crippen molar-refractivity contribution in [3.8, 4) is 11.1 Å². The number of fused-ring (bicyclic) bond motifs is 1. The summed E-state index contributed by atoms with van der Waals surface area (Å²) in [6.45, 7) is 0. The van der Waals surface area contributed by atoms with Crippen molar-refractivity contribution in [3.05, 3.63) is 89.2 Å². The van der Waals surface area contributed by atoms with E-state index in [2.05, 4.69) is 15.6 Å². The van der Waals surface area contributed by atoms with E-state index in [1.807, 2.05) is 6.07 Å². The Labute approximate surface area is 196 Å². The molecule has 0 atom stereocenters. The van der Waals surface area contributed by atoms with E-state index in [0.29, 0.717) is 11.1 Å². The largest absolute Gasteiger partial charge is 0.417 e. The van der Waals surface area contributed by atoms with Crippen LogP contribution in [0.2, 0.25) is 5.02 Å². The van der Waals surface area contributed by atoms with Gasteiger partial charge in [0, 0.05) is 23.0 Å². The Kier molecular flexibility index (Phi) is 6.12. The first-order valence-electron chi connectivity index (χ1n) is 9.86. The van der Waals surface area contributed by atoms with Gasteiger partial charge >= 0.3 is 12.2 Å². The summed E-state index contributed by atoms with van der Waals surface area (Å²) in [4.78, 5) is 28.0. The topological polar surface area (TPSA) is 97.1 Å². The van der Waals surface area contributed by atoms with Crippen LogP contribution < -0.4 is 16.4 Å². The summed E-state index contributed by atoms with van der Waals surface area (Å²) in [6.07, 6.45) is -3.13. The van der Waals surface area contributed by atoms with Gasteiger partial charge in [-0.1, -0.05) is 41.9 Å². The number of alkyl halides is 3. The number of nitrogens with one attached hydrogen (secondary N) is 2. The van der Waals surface area contributed by atoms with E-state index in [-0.39, 0.29) is 11.4 Å². The summed E-state index contributed by atoms with van der Waals surface area (Å²) in [6, 6.07) is 16.4. The average Bonchev–Trinajstić information content (AvgIpc) is 2.79. The molecule has 1 aromatic heterocycles. The highest BCUT2D eigenvalue weighted by molar-refractivity contribution is 6.31. The third kappa shape index (κ3) is 4.79. The van der Waals surface area contributed by atoms with Gasteiger partial charge in [0.15, 0.2) is 0 Å². The first kappa shape index (κ1) is 23.1. The van der Waals surface area contributed by atoms with Crippen molar-refractivity contribution in [1.29, 1.82) is 0 Å². The van der Waals surface area contributed by atoms with Crippen LogP contribution in [0.3, 0.4) is 0 Å². The Bertz CT molecular complexity index is 1410. The van der Waals surface area contributed by atoms with Gasteiger partial charge in [0.05, 0.1) is 10.6 Å². The molecule has 0 unspecified atom stereocenters. The zero-order valence-corrected chi connectivity index (χ0v) is 18.0. The van der Waals surface area contributed by atoms with Crippen LogP contribution in [0.1, 0.15) is 16.1 Å². The number of hydrogen-bond donors (Lipinski definition) is 3. The molecule has 0 radical (unpaired) electrons. The molecule has 4 rings (SSSR count). The lowest BCUT2D eigenvalue weighted by atomic mass is 9.98. The van der Waals surface area contributed by atoms with Gasteiger partial charge in [0.2, 0.25) is 0 Å². The van der Waals surface area contributed by atoms with Crippen LogP contribution >= 0.6 is 11.6 Å². The molecule has 0 spiro atoms. The number of benzene rings is 3. The van der Waals surface area contributed by atoms with E-state index >= 15 is 0 Å². The van der Waals surface area contributed by atoms with Crippen LogP contribution in [0, 0.1) is 0 Å². The normalized spacial score (nSPS) is 11.3. The van der Waals surface area contributed by atoms with E-state index in [1.165, 1.54) is 12.3 Å². The number of aromatic nitrogens is 1. The van der Waals surface area contributed by atoms with E-state index in [1.54, 1.807) is 42.5 Å². The lowest BCUT2D eigenvalue weighted by Crippen LogP contribution is -2.19. The summed E-state index contributed by atoms with van der Waals surface area (Å²) in [5.41, 5.74) is 6.56. The van der Waals surface area contributed by atoms with Gasteiger partial charge in [-0.25, -0.2) is 4.79 Å². The summed E-state index contributed by atoms with van der Waals surface area (Å²) < 4.78 is 39.0. The predicted molar refractivity (Wildman–Crippen MR) is 125 cm³/mol. The van der Waals surface area contributed by atoms with Gasteiger partial charge < -0.3 is 16.4 Å². The Morgan fingerprint density at radius 3 is 2.24 bits per heavy atom. The van der Waals surface area contributed by atoms with Crippen molar-refractivity contribution in [2.24, 2.45) is 5.73 Å².